The minimum Gasteiger partial charge on any atom is -0.423 e. The number of hydrogen-bond acceptors (Lipinski definition) is 5. The Hall–Kier alpha value is -0.550. The molecule has 2 heterocycles. The van der Waals surface area contributed by atoms with Gasteiger partial charge in [0.05, 0.1) is 11.8 Å². The second-order valence-corrected chi connectivity index (χ2v) is 4.38. The van der Waals surface area contributed by atoms with Gasteiger partial charge in [0.15, 0.2) is 0 Å². The predicted molar refractivity (Wildman–Crippen MR) is 51.5 cm³/mol. The van der Waals surface area contributed by atoms with Crippen molar-refractivity contribution in [1.29, 1.82) is 0 Å². The highest BCUT2D eigenvalue weighted by Crippen LogP contribution is 2.38. The number of thioether (sulfide) groups is 1. The monoisotopic (exact) mass is 199 g/mol. The summed E-state index contributed by atoms with van der Waals surface area (Å²) in [5, 5.41) is 11.4. The molecule has 0 bridgehead atoms. The summed E-state index contributed by atoms with van der Waals surface area (Å²) in [7, 11) is 1.87. The van der Waals surface area contributed by atoms with Crippen LogP contribution in [0.15, 0.2) is 4.42 Å². The predicted octanol–water partition coefficient (Wildman–Crippen LogP) is 1.36. The molecule has 1 atom stereocenters. The molecule has 5 heteroatoms. The van der Waals surface area contributed by atoms with Gasteiger partial charge < -0.3 is 9.73 Å². The summed E-state index contributed by atoms with van der Waals surface area (Å²) in [6.07, 6.45) is 2.44. The van der Waals surface area contributed by atoms with Gasteiger partial charge in [-0.3, -0.25) is 0 Å². The molecule has 1 aliphatic rings. The minimum atomic E-state index is 0.443. The van der Waals surface area contributed by atoms with Crippen LogP contribution in [-0.4, -0.2) is 23.0 Å². The lowest BCUT2D eigenvalue weighted by atomic mass is 10.2. The van der Waals surface area contributed by atoms with Crippen molar-refractivity contribution in [3.05, 3.63) is 11.8 Å². The Balaban J connectivity index is 2.03. The molecule has 1 aliphatic heterocycles. The quantitative estimate of drug-likeness (QED) is 0.796. The highest BCUT2D eigenvalue weighted by molar-refractivity contribution is 7.99. The Morgan fingerprint density at radius 1 is 1.62 bits per heavy atom. The zero-order valence-corrected chi connectivity index (χ0v) is 8.43. The molecule has 1 N–H and O–H groups in total. The first-order valence-electron chi connectivity index (χ1n) is 4.48. The van der Waals surface area contributed by atoms with E-state index >= 15 is 0 Å². The maximum Gasteiger partial charge on any atom is 0.230 e. The van der Waals surface area contributed by atoms with Crippen LogP contribution < -0.4 is 5.32 Å². The van der Waals surface area contributed by atoms with Crippen molar-refractivity contribution in [2.24, 2.45) is 0 Å². The Morgan fingerprint density at radius 2 is 2.54 bits per heavy atom. The standard InChI is InChI=1S/C8H13N3OS/c1-9-5-7-10-11-8(12-7)6-3-2-4-13-6/h6,9H,2-5H2,1H3. The average Bonchev–Trinajstić information content (AvgIpc) is 2.70. The molecular weight excluding hydrogens is 186 g/mol. The molecule has 1 unspecified atom stereocenters. The normalized spacial score (nSPS) is 22.4. The van der Waals surface area contributed by atoms with Gasteiger partial charge in [0.2, 0.25) is 11.8 Å². The Morgan fingerprint density at radius 3 is 3.23 bits per heavy atom. The fourth-order valence-corrected chi connectivity index (χ4v) is 2.58. The first-order valence-corrected chi connectivity index (χ1v) is 5.53. The SMILES string of the molecule is CNCc1nnc(C2CCCS2)o1. The molecule has 0 aliphatic carbocycles. The van der Waals surface area contributed by atoms with Crippen molar-refractivity contribution in [2.75, 3.05) is 12.8 Å². The van der Waals surface area contributed by atoms with Crippen LogP contribution in [0.4, 0.5) is 0 Å². The van der Waals surface area contributed by atoms with Gasteiger partial charge in [-0.2, -0.15) is 0 Å². The van der Waals surface area contributed by atoms with Crippen molar-refractivity contribution < 1.29 is 4.42 Å². The zero-order chi connectivity index (χ0) is 9.10. The topological polar surface area (TPSA) is 51.0 Å². The van der Waals surface area contributed by atoms with Crippen molar-refractivity contribution in [3.8, 4) is 0 Å². The summed E-state index contributed by atoms with van der Waals surface area (Å²) < 4.78 is 5.50. The second kappa shape index (κ2) is 4.11. The van der Waals surface area contributed by atoms with E-state index in [0.29, 0.717) is 17.7 Å². The van der Waals surface area contributed by atoms with Crippen molar-refractivity contribution >= 4 is 11.8 Å². The van der Waals surface area contributed by atoms with Gasteiger partial charge in [0.25, 0.3) is 0 Å². The summed E-state index contributed by atoms with van der Waals surface area (Å²) in [4.78, 5) is 0. The Bertz CT molecular complexity index is 270. The van der Waals surface area contributed by atoms with E-state index in [4.69, 9.17) is 4.42 Å². The van der Waals surface area contributed by atoms with Crippen LogP contribution in [0.25, 0.3) is 0 Å². The molecule has 72 valence electrons. The van der Waals surface area contributed by atoms with E-state index in [0.717, 1.165) is 5.89 Å². The Labute approximate surface area is 81.5 Å². The average molecular weight is 199 g/mol. The number of rotatable bonds is 3. The molecule has 13 heavy (non-hydrogen) atoms. The van der Waals surface area contributed by atoms with Gasteiger partial charge >= 0.3 is 0 Å². The summed E-state index contributed by atoms with van der Waals surface area (Å²) in [6.45, 7) is 0.657. The fourth-order valence-electron chi connectivity index (χ4n) is 1.39. The smallest absolute Gasteiger partial charge is 0.230 e. The van der Waals surface area contributed by atoms with Crippen LogP contribution in [0, 0.1) is 0 Å². The summed E-state index contributed by atoms with van der Waals surface area (Å²) in [6, 6.07) is 0. The van der Waals surface area contributed by atoms with Gasteiger partial charge in [-0.15, -0.1) is 22.0 Å². The van der Waals surface area contributed by atoms with E-state index in [1.165, 1.54) is 18.6 Å². The molecule has 1 aromatic heterocycles. The van der Waals surface area contributed by atoms with Gasteiger partial charge in [0, 0.05) is 0 Å². The molecule has 0 aromatic carbocycles. The van der Waals surface area contributed by atoms with Gasteiger partial charge in [0.1, 0.15) is 0 Å². The molecule has 4 nitrogen and oxygen atoms in total. The largest absolute Gasteiger partial charge is 0.423 e. The van der Waals surface area contributed by atoms with Crippen molar-refractivity contribution in [1.82, 2.24) is 15.5 Å². The van der Waals surface area contributed by atoms with E-state index in [9.17, 15) is 0 Å². The van der Waals surface area contributed by atoms with Gasteiger partial charge in [-0.25, -0.2) is 0 Å². The van der Waals surface area contributed by atoms with E-state index in [2.05, 4.69) is 15.5 Å². The lowest BCUT2D eigenvalue weighted by Crippen LogP contribution is -2.04. The van der Waals surface area contributed by atoms with E-state index in [1.54, 1.807) is 0 Å². The molecular formula is C8H13N3OS. The highest BCUT2D eigenvalue weighted by atomic mass is 32.2. The molecule has 0 spiro atoms. The van der Waals surface area contributed by atoms with E-state index in [1.807, 2.05) is 18.8 Å². The van der Waals surface area contributed by atoms with Gasteiger partial charge in [-0.05, 0) is 25.6 Å². The highest BCUT2D eigenvalue weighted by Gasteiger charge is 2.22. The summed E-state index contributed by atoms with van der Waals surface area (Å²) >= 11 is 1.91. The first-order chi connectivity index (χ1) is 6.40. The Kier molecular flexibility index (Phi) is 2.85. The molecule has 2 rings (SSSR count). The van der Waals surface area contributed by atoms with Crippen LogP contribution in [-0.2, 0) is 6.54 Å². The first kappa shape index (κ1) is 9.02. The lowest BCUT2D eigenvalue weighted by molar-refractivity contribution is 0.434. The lowest BCUT2D eigenvalue weighted by Gasteiger charge is -1.99. The van der Waals surface area contributed by atoms with Crippen molar-refractivity contribution in [2.45, 2.75) is 24.6 Å². The fraction of sp³-hybridized carbons (Fsp3) is 0.750. The third-order valence-corrected chi connectivity index (χ3v) is 3.38. The number of aromatic nitrogens is 2. The van der Waals surface area contributed by atoms with Gasteiger partial charge in [-0.1, -0.05) is 0 Å². The maximum atomic E-state index is 5.50. The van der Waals surface area contributed by atoms with Crippen LogP contribution in [0.1, 0.15) is 29.9 Å². The molecule has 1 aromatic rings. The van der Waals surface area contributed by atoms with Crippen LogP contribution in [0.2, 0.25) is 0 Å². The third kappa shape index (κ3) is 2.03. The minimum absolute atomic E-state index is 0.443. The van der Waals surface area contributed by atoms with Crippen LogP contribution in [0.5, 0.6) is 0 Å². The van der Waals surface area contributed by atoms with Crippen molar-refractivity contribution in [3.63, 3.8) is 0 Å². The van der Waals surface area contributed by atoms with E-state index < -0.39 is 0 Å². The number of nitrogens with one attached hydrogen (secondary N) is 1. The summed E-state index contributed by atoms with van der Waals surface area (Å²) in [5.74, 6) is 2.70. The zero-order valence-electron chi connectivity index (χ0n) is 7.62. The summed E-state index contributed by atoms with van der Waals surface area (Å²) in [5.41, 5.74) is 0. The molecule has 1 fully saturated rings. The third-order valence-electron chi connectivity index (χ3n) is 2.02. The van der Waals surface area contributed by atoms with Crippen LogP contribution in [0.3, 0.4) is 0 Å². The number of nitrogens with zero attached hydrogens (tertiary/aromatic N) is 2. The molecule has 0 amide bonds. The molecule has 0 saturated carbocycles. The maximum absolute atomic E-state index is 5.50. The molecule has 1 saturated heterocycles. The number of hydrogen-bond donors (Lipinski definition) is 1. The second-order valence-electron chi connectivity index (χ2n) is 3.07. The molecule has 0 radical (unpaired) electrons. The van der Waals surface area contributed by atoms with E-state index in [-0.39, 0.29) is 0 Å². The van der Waals surface area contributed by atoms with Crippen LogP contribution >= 0.6 is 11.8 Å².